The number of fused-ring (bicyclic) bond motifs is 6. The van der Waals surface area contributed by atoms with E-state index in [2.05, 4.69) is 83.8 Å². The average molecular weight is 642 g/mol. The molecule has 0 aliphatic rings. The molecule has 234 valence electrons. The standard InChI is InChI=1S/C45H27N3O2/c1-2-9-28(10-3-1)45-47-39(30-16-18-37-35-12-4-6-14-41(35)50-44(37)25-30)26-40(48-45)34-22-32(21-33(23-34)31-11-8-20-46-27-31)29-17-19-43-38(24-29)36-13-5-7-15-42(36)49-43/h1-27H. The molecule has 0 atom stereocenters. The van der Waals surface area contributed by atoms with Gasteiger partial charge in [-0.1, -0.05) is 84.9 Å². The predicted molar refractivity (Wildman–Crippen MR) is 202 cm³/mol. The van der Waals surface area contributed by atoms with Crippen LogP contribution in [0.1, 0.15) is 0 Å². The Morgan fingerprint density at radius 3 is 1.72 bits per heavy atom. The van der Waals surface area contributed by atoms with E-state index < -0.39 is 0 Å². The van der Waals surface area contributed by atoms with Gasteiger partial charge < -0.3 is 8.83 Å². The van der Waals surface area contributed by atoms with E-state index in [9.17, 15) is 0 Å². The van der Waals surface area contributed by atoms with Crippen LogP contribution in [0.2, 0.25) is 0 Å². The highest BCUT2D eigenvalue weighted by atomic mass is 16.3. The summed E-state index contributed by atoms with van der Waals surface area (Å²) in [5.41, 5.74) is 12.2. The Morgan fingerprint density at radius 1 is 0.340 bits per heavy atom. The molecule has 50 heavy (non-hydrogen) atoms. The number of hydrogen-bond donors (Lipinski definition) is 0. The van der Waals surface area contributed by atoms with E-state index >= 15 is 0 Å². The highest BCUT2D eigenvalue weighted by molar-refractivity contribution is 6.07. The van der Waals surface area contributed by atoms with Crippen molar-refractivity contribution in [3.05, 3.63) is 164 Å². The Kier molecular flexibility index (Phi) is 6.42. The molecule has 10 aromatic rings. The minimum Gasteiger partial charge on any atom is -0.456 e. The normalized spacial score (nSPS) is 11.6. The molecule has 0 amide bonds. The van der Waals surface area contributed by atoms with Crippen LogP contribution in [-0.2, 0) is 0 Å². The largest absolute Gasteiger partial charge is 0.456 e. The molecular formula is C45H27N3O2. The molecule has 0 unspecified atom stereocenters. The molecule has 0 N–H and O–H groups in total. The summed E-state index contributed by atoms with van der Waals surface area (Å²) >= 11 is 0. The van der Waals surface area contributed by atoms with Gasteiger partial charge in [-0.25, -0.2) is 9.97 Å². The Morgan fingerprint density at radius 2 is 0.940 bits per heavy atom. The zero-order valence-corrected chi connectivity index (χ0v) is 26.7. The first kappa shape index (κ1) is 28.2. The zero-order valence-electron chi connectivity index (χ0n) is 26.7. The van der Waals surface area contributed by atoms with Gasteiger partial charge >= 0.3 is 0 Å². The quantitative estimate of drug-likeness (QED) is 0.187. The van der Waals surface area contributed by atoms with Crippen molar-refractivity contribution in [2.45, 2.75) is 0 Å². The summed E-state index contributed by atoms with van der Waals surface area (Å²) in [7, 11) is 0. The Balaban J connectivity index is 1.18. The van der Waals surface area contributed by atoms with Crippen LogP contribution in [0.5, 0.6) is 0 Å². The number of benzene rings is 6. The summed E-state index contributed by atoms with van der Waals surface area (Å²) in [4.78, 5) is 14.7. The molecule has 0 saturated carbocycles. The van der Waals surface area contributed by atoms with E-state index in [0.29, 0.717) is 5.82 Å². The number of para-hydroxylation sites is 2. The van der Waals surface area contributed by atoms with Gasteiger partial charge in [0.25, 0.3) is 0 Å². The van der Waals surface area contributed by atoms with Crippen LogP contribution >= 0.6 is 0 Å². The second-order valence-corrected chi connectivity index (χ2v) is 12.5. The number of pyridine rings is 1. The van der Waals surface area contributed by atoms with Crippen LogP contribution in [-0.4, -0.2) is 15.0 Å². The minimum absolute atomic E-state index is 0.655. The van der Waals surface area contributed by atoms with Gasteiger partial charge in [-0.05, 0) is 83.4 Å². The van der Waals surface area contributed by atoms with Crippen LogP contribution in [0.4, 0.5) is 0 Å². The zero-order chi connectivity index (χ0) is 33.0. The van der Waals surface area contributed by atoms with Gasteiger partial charge in [0.15, 0.2) is 5.82 Å². The number of furan rings is 2. The van der Waals surface area contributed by atoms with Crippen molar-refractivity contribution in [1.29, 1.82) is 0 Å². The van der Waals surface area contributed by atoms with Gasteiger partial charge in [-0.2, -0.15) is 0 Å². The molecule has 4 aromatic heterocycles. The van der Waals surface area contributed by atoms with Gasteiger partial charge in [-0.3, -0.25) is 4.98 Å². The van der Waals surface area contributed by atoms with E-state index in [1.54, 1.807) is 6.20 Å². The smallest absolute Gasteiger partial charge is 0.160 e. The summed E-state index contributed by atoms with van der Waals surface area (Å²) in [5, 5.41) is 4.37. The third-order valence-corrected chi connectivity index (χ3v) is 9.37. The van der Waals surface area contributed by atoms with E-state index in [4.69, 9.17) is 18.8 Å². The number of nitrogens with zero attached hydrogens (tertiary/aromatic N) is 3. The Hall–Kier alpha value is -6.85. The molecule has 0 radical (unpaired) electrons. The molecule has 0 bridgehead atoms. The molecular weight excluding hydrogens is 615 g/mol. The van der Waals surface area contributed by atoms with Crippen LogP contribution < -0.4 is 0 Å². The maximum absolute atomic E-state index is 6.27. The van der Waals surface area contributed by atoms with Gasteiger partial charge in [-0.15, -0.1) is 0 Å². The Labute approximate surface area is 287 Å². The SMILES string of the molecule is c1ccc(-c2nc(-c3cc(-c4cccnc4)cc(-c4ccc5oc6ccccc6c5c4)c3)cc(-c3ccc4c(c3)oc3ccccc34)n2)cc1. The van der Waals surface area contributed by atoms with Crippen molar-refractivity contribution in [1.82, 2.24) is 15.0 Å². The molecule has 0 saturated heterocycles. The van der Waals surface area contributed by atoms with Crippen molar-refractivity contribution < 1.29 is 8.83 Å². The first-order valence-corrected chi connectivity index (χ1v) is 16.6. The third-order valence-electron chi connectivity index (χ3n) is 9.37. The van der Waals surface area contributed by atoms with Gasteiger partial charge in [0, 0.05) is 56.2 Å². The first-order chi connectivity index (χ1) is 24.7. The van der Waals surface area contributed by atoms with E-state index in [1.807, 2.05) is 79.0 Å². The van der Waals surface area contributed by atoms with Crippen molar-refractivity contribution in [3.63, 3.8) is 0 Å². The van der Waals surface area contributed by atoms with Gasteiger partial charge in [0.05, 0.1) is 11.4 Å². The van der Waals surface area contributed by atoms with Crippen LogP contribution in [0.3, 0.4) is 0 Å². The topological polar surface area (TPSA) is 65.0 Å². The summed E-state index contributed by atoms with van der Waals surface area (Å²) in [6.07, 6.45) is 3.70. The molecule has 0 aliphatic heterocycles. The summed E-state index contributed by atoms with van der Waals surface area (Å²) < 4.78 is 12.4. The molecule has 0 fully saturated rings. The molecule has 6 aromatic carbocycles. The molecule has 5 nitrogen and oxygen atoms in total. The second kappa shape index (κ2) is 11.4. The lowest BCUT2D eigenvalue weighted by Crippen LogP contribution is -1.96. The molecule has 0 aliphatic carbocycles. The maximum atomic E-state index is 6.27. The number of hydrogen-bond acceptors (Lipinski definition) is 5. The fourth-order valence-electron chi connectivity index (χ4n) is 6.89. The maximum Gasteiger partial charge on any atom is 0.160 e. The fraction of sp³-hybridized carbons (Fsp3) is 0. The summed E-state index contributed by atoms with van der Waals surface area (Å²) in [6, 6.07) is 51.9. The third kappa shape index (κ3) is 4.83. The molecule has 10 rings (SSSR count). The van der Waals surface area contributed by atoms with E-state index in [1.165, 1.54) is 0 Å². The van der Waals surface area contributed by atoms with Crippen molar-refractivity contribution in [3.8, 4) is 56.2 Å². The molecule has 0 spiro atoms. The molecule has 5 heteroatoms. The highest BCUT2D eigenvalue weighted by Crippen LogP contribution is 2.38. The van der Waals surface area contributed by atoms with E-state index in [-0.39, 0.29) is 0 Å². The van der Waals surface area contributed by atoms with Crippen molar-refractivity contribution in [2.75, 3.05) is 0 Å². The predicted octanol–water partition coefficient (Wildman–Crippen LogP) is 12.0. The average Bonchev–Trinajstić information content (AvgIpc) is 3.76. The monoisotopic (exact) mass is 641 g/mol. The Bertz CT molecular complexity index is 2870. The lowest BCUT2D eigenvalue weighted by Gasteiger charge is -2.13. The second-order valence-electron chi connectivity index (χ2n) is 12.5. The molecule has 4 heterocycles. The number of rotatable bonds is 5. The van der Waals surface area contributed by atoms with Gasteiger partial charge in [0.2, 0.25) is 0 Å². The lowest BCUT2D eigenvalue weighted by molar-refractivity contribution is 0.668. The summed E-state index contributed by atoms with van der Waals surface area (Å²) in [6.45, 7) is 0. The first-order valence-electron chi connectivity index (χ1n) is 16.6. The fourth-order valence-corrected chi connectivity index (χ4v) is 6.89. The van der Waals surface area contributed by atoms with Crippen molar-refractivity contribution >= 4 is 43.9 Å². The minimum atomic E-state index is 0.655. The van der Waals surface area contributed by atoms with Crippen LogP contribution in [0, 0.1) is 0 Å². The van der Waals surface area contributed by atoms with E-state index in [0.717, 1.165) is 94.2 Å². The highest BCUT2D eigenvalue weighted by Gasteiger charge is 2.16. The van der Waals surface area contributed by atoms with Crippen LogP contribution in [0.25, 0.3) is 100 Å². The van der Waals surface area contributed by atoms with Gasteiger partial charge in [0.1, 0.15) is 22.3 Å². The lowest BCUT2D eigenvalue weighted by atomic mass is 9.94. The van der Waals surface area contributed by atoms with Crippen molar-refractivity contribution in [2.24, 2.45) is 0 Å². The summed E-state index contributed by atoms with van der Waals surface area (Å²) in [5.74, 6) is 0.655. The number of aromatic nitrogens is 3. The van der Waals surface area contributed by atoms with Crippen LogP contribution in [0.15, 0.2) is 173 Å².